The van der Waals surface area contributed by atoms with E-state index in [1.165, 1.54) is 17.0 Å². The number of quaternary nitrogens is 1. The Labute approximate surface area is 166 Å². The highest BCUT2D eigenvalue weighted by Gasteiger charge is 2.58. The molecule has 2 unspecified atom stereocenters. The standard InChI is InChI=1S/C21H18F3N5/c1-2-29-8-7-15-16(9-25)19(28)20(11-26,12-27)18(17(15)10-29)13-3-5-14(6-4-13)21(22,23)24/h3-7,16-18,28H,2,8,10H2,1H3/p+1/t16?,17-,18-/m0/s1. The Hall–Kier alpha value is -3.15. The van der Waals surface area contributed by atoms with E-state index < -0.39 is 29.0 Å². The van der Waals surface area contributed by atoms with Gasteiger partial charge in [-0.15, -0.1) is 0 Å². The molecule has 29 heavy (non-hydrogen) atoms. The molecule has 2 N–H and O–H groups in total. The van der Waals surface area contributed by atoms with E-state index in [2.05, 4.69) is 6.07 Å². The summed E-state index contributed by atoms with van der Waals surface area (Å²) >= 11 is 0. The third-order valence-corrected chi connectivity index (χ3v) is 6.06. The molecule has 8 heteroatoms. The smallest absolute Gasteiger partial charge is 0.331 e. The van der Waals surface area contributed by atoms with Crippen LogP contribution in [0.25, 0.3) is 0 Å². The predicted octanol–water partition coefficient (Wildman–Crippen LogP) is 2.46. The second kappa shape index (κ2) is 7.35. The summed E-state index contributed by atoms with van der Waals surface area (Å²) in [5, 5.41) is 38.0. The van der Waals surface area contributed by atoms with Crippen molar-refractivity contribution in [3.05, 3.63) is 47.0 Å². The first kappa shape index (κ1) is 20.6. The Morgan fingerprint density at radius 2 is 1.79 bits per heavy atom. The van der Waals surface area contributed by atoms with Gasteiger partial charge in [0.2, 0.25) is 0 Å². The highest BCUT2D eigenvalue weighted by molar-refractivity contribution is 6.00. The number of nitriles is 3. The van der Waals surface area contributed by atoms with Gasteiger partial charge in [0.25, 0.3) is 0 Å². The number of likely N-dealkylation sites (N-methyl/N-ethyl adjacent to an activating group) is 1. The van der Waals surface area contributed by atoms with Gasteiger partial charge < -0.3 is 10.3 Å². The lowest BCUT2D eigenvalue weighted by atomic mass is 9.54. The molecule has 1 fully saturated rings. The zero-order valence-electron chi connectivity index (χ0n) is 15.7. The largest absolute Gasteiger partial charge is 0.416 e. The van der Waals surface area contributed by atoms with Gasteiger partial charge in [-0.05, 0) is 36.3 Å². The molecule has 2 aliphatic rings. The fourth-order valence-electron chi connectivity index (χ4n) is 4.51. The number of halogens is 3. The average molecular weight is 398 g/mol. The van der Waals surface area contributed by atoms with E-state index in [0.29, 0.717) is 24.2 Å². The first-order valence-electron chi connectivity index (χ1n) is 9.25. The monoisotopic (exact) mass is 398 g/mol. The van der Waals surface area contributed by atoms with Crippen LogP contribution in [0, 0.1) is 56.7 Å². The Bertz CT molecular complexity index is 958. The topological polar surface area (TPSA) is 99.7 Å². The molecule has 0 bridgehead atoms. The number of rotatable bonds is 2. The van der Waals surface area contributed by atoms with Crippen molar-refractivity contribution in [1.29, 1.82) is 21.2 Å². The number of fused-ring (bicyclic) bond motifs is 1. The SMILES string of the molecule is CC[NH+]1CC=C2C(C#N)C(=N)C(C#N)(C#N)[C@@H](c3ccc(C(F)(F)F)cc3)[C@H]2C1. The number of alkyl halides is 3. The van der Waals surface area contributed by atoms with Crippen molar-refractivity contribution in [2.24, 2.45) is 17.3 Å². The third-order valence-electron chi connectivity index (χ3n) is 6.06. The van der Waals surface area contributed by atoms with Crippen molar-refractivity contribution in [1.82, 2.24) is 0 Å². The quantitative estimate of drug-likeness (QED) is 0.749. The molecule has 1 aromatic rings. The summed E-state index contributed by atoms with van der Waals surface area (Å²) < 4.78 is 39.0. The van der Waals surface area contributed by atoms with Crippen LogP contribution >= 0.6 is 0 Å². The zero-order chi connectivity index (χ0) is 21.4. The lowest BCUT2D eigenvalue weighted by Crippen LogP contribution is -3.13. The molecule has 1 saturated carbocycles. The van der Waals surface area contributed by atoms with Gasteiger partial charge in [0.15, 0.2) is 5.41 Å². The summed E-state index contributed by atoms with van der Waals surface area (Å²) in [6.45, 7) is 4.00. The third kappa shape index (κ3) is 3.18. The fourth-order valence-corrected chi connectivity index (χ4v) is 4.51. The number of nitrogens with one attached hydrogen (secondary N) is 2. The molecular formula is C21H19F3N5+. The molecule has 0 amide bonds. The van der Waals surface area contributed by atoms with Crippen LogP contribution in [-0.2, 0) is 6.18 Å². The summed E-state index contributed by atoms with van der Waals surface area (Å²) in [6, 6.07) is 10.4. The number of hydrogen-bond acceptors (Lipinski definition) is 4. The molecule has 3 rings (SSSR count). The molecule has 1 aromatic carbocycles. The van der Waals surface area contributed by atoms with Gasteiger partial charge in [-0.3, -0.25) is 0 Å². The normalized spacial score (nSPS) is 28.3. The Kier molecular flexibility index (Phi) is 5.22. The molecule has 5 nitrogen and oxygen atoms in total. The van der Waals surface area contributed by atoms with Crippen LogP contribution in [0.15, 0.2) is 35.9 Å². The maximum Gasteiger partial charge on any atom is 0.416 e. The maximum absolute atomic E-state index is 13.0. The summed E-state index contributed by atoms with van der Waals surface area (Å²) in [5.74, 6) is -2.16. The molecule has 0 spiro atoms. The minimum Gasteiger partial charge on any atom is -0.331 e. The second-order valence-corrected chi connectivity index (χ2v) is 7.43. The van der Waals surface area contributed by atoms with E-state index in [1.54, 1.807) is 0 Å². The van der Waals surface area contributed by atoms with Gasteiger partial charge >= 0.3 is 6.18 Å². The summed E-state index contributed by atoms with van der Waals surface area (Å²) in [7, 11) is 0. The van der Waals surface area contributed by atoms with E-state index in [9.17, 15) is 29.0 Å². The average Bonchev–Trinajstić information content (AvgIpc) is 2.72. The summed E-state index contributed by atoms with van der Waals surface area (Å²) in [6.07, 6.45) is -2.60. The van der Waals surface area contributed by atoms with Gasteiger partial charge in [-0.1, -0.05) is 12.1 Å². The summed E-state index contributed by atoms with van der Waals surface area (Å²) in [5.41, 5.74) is -1.92. The predicted molar refractivity (Wildman–Crippen MR) is 97.5 cm³/mol. The van der Waals surface area contributed by atoms with Crippen LogP contribution in [0.3, 0.4) is 0 Å². The van der Waals surface area contributed by atoms with Gasteiger partial charge in [0, 0.05) is 11.8 Å². The molecule has 1 heterocycles. The van der Waals surface area contributed by atoms with E-state index in [1.807, 2.05) is 25.1 Å². The number of nitrogens with zero attached hydrogens (tertiary/aromatic N) is 3. The zero-order valence-corrected chi connectivity index (χ0v) is 15.7. The summed E-state index contributed by atoms with van der Waals surface area (Å²) in [4.78, 5) is 1.19. The minimum absolute atomic E-state index is 0.294. The number of hydrogen-bond donors (Lipinski definition) is 2. The molecule has 0 radical (unpaired) electrons. The molecule has 148 valence electrons. The van der Waals surface area contributed by atoms with Crippen LogP contribution in [0.1, 0.15) is 24.0 Å². The van der Waals surface area contributed by atoms with Gasteiger partial charge in [0.1, 0.15) is 5.92 Å². The van der Waals surface area contributed by atoms with Crippen molar-refractivity contribution < 1.29 is 18.1 Å². The Balaban J connectivity index is 2.20. The minimum atomic E-state index is -4.50. The fraction of sp³-hybridized carbons (Fsp3) is 0.429. The lowest BCUT2D eigenvalue weighted by Gasteiger charge is -2.46. The number of benzene rings is 1. The van der Waals surface area contributed by atoms with Crippen molar-refractivity contribution in [3.63, 3.8) is 0 Å². The first-order valence-corrected chi connectivity index (χ1v) is 9.25. The van der Waals surface area contributed by atoms with Gasteiger partial charge in [0.05, 0.1) is 49.1 Å². The van der Waals surface area contributed by atoms with Crippen molar-refractivity contribution in [3.8, 4) is 18.2 Å². The van der Waals surface area contributed by atoms with E-state index in [0.717, 1.165) is 18.7 Å². The van der Waals surface area contributed by atoms with Crippen LogP contribution in [0.5, 0.6) is 0 Å². The van der Waals surface area contributed by atoms with Crippen LogP contribution in [0.4, 0.5) is 13.2 Å². The maximum atomic E-state index is 13.0. The highest BCUT2D eigenvalue weighted by atomic mass is 19.4. The van der Waals surface area contributed by atoms with E-state index in [4.69, 9.17) is 5.41 Å². The van der Waals surface area contributed by atoms with Crippen LogP contribution in [-0.4, -0.2) is 25.3 Å². The molecule has 1 aliphatic heterocycles. The van der Waals surface area contributed by atoms with E-state index in [-0.39, 0.29) is 11.6 Å². The first-order chi connectivity index (χ1) is 13.7. The highest BCUT2D eigenvalue weighted by Crippen LogP contribution is 2.52. The van der Waals surface area contributed by atoms with Crippen molar-refractivity contribution in [2.75, 3.05) is 19.6 Å². The molecule has 0 saturated heterocycles. The lowest BCUT2D eigenvalue weighted by molar-refractivity contribution is -0.897. The van der Waals surface area contributed by atoms with Gasteiger partial charge in [-0.2, -0.15) is 29.0 Å². The van der Waals surface area contributed by atoms with Crippen LogP contribution in [0.2, 0.25) is 0 Å². The van der Waals surface area contributed by atoms with Gasteiger partial charge in [-0.25, -0.2) is 0 Å². The molecule has 4 atom stereocenters. The molecular weight excluding hydrogens is 379 g/mol. The second-order valence-electron chi connectivity index (χ2n) is 7.43. The van der Waals surface area contributed by atoms with E-state index >= 15 is 0 Å². The Morgan fingerprint density at radius 3 is 2.28 bits per heavy atom. The van der Waals surface area contributed by atoms with Crippen molar-refractivity contribution in [2.45, 2.75) is 19.0 Å². The molecule has 0 aromatic heterocycles. The van der Waals surface area contributed by atoms with Crippen molar-refractivity contribution >= 4 is 5.71 Å². The van der Waals surface area contributed by atoms with Crippen LogP contribution < -0.4 is 4.90 Å². The Morgan fingerprint density at radius 1 is 1.17 bits per heavy atom. The molecule has 1 aliphatic carbocycles.